The highest BCUT2D eigenvalue weighted by Gasteiger charge is 2.15. The van der Waals surface area contributed by atoms with Gasteiger partial charge in [-0.05, 0) is 73.4 Å². The van der Waals surface area contributed by atoms with Crippen LogP contribution < -0.4 is 15.4 Å². The molecule has 0 bridgehead atoms. The Morgan fingerprint density at radius 2 is 1.54 bits per heavy atom. The Hall–Kier alpha value is -4.33. The lowest BCUT2D eigenvalue weighted by Crippen LogP contribution is -2.36. The molecule has 8 heteroatoms. The highest BCUT2D eigenvalue weighted by Crippen LogP contribution is 2.19. The number of aromatic carboxylic acids is 1. The summed E-state index contributed by atoms with van der Waals surface area (Å²) >= 11 is 0. The Balaban J connectivity index is 1.54. The van der Waals surface area contributed by atoms with E-state index in [0.29, 0.717) is 31.1 Å². The fourth-order valence-corrected chi connectivity index (χ4v) is 3.85. The molecule has 3 rings (SSSR count). The summed E-state index contributed by atoms with van der Waals surface area (Å²) in [6.07, 6.45) is 1.06. The lowest BCUT2D eigenvalue weighted by molar-refractivity contribution is -0.130. The number of urea groups is 1. The Morgan fingerprint density at radius 1 is 0.865 bits per heavy atom. The minimum absolute atomic E-state index is 0.0101. The smallest absolute Gasteiger partial charge is 0.335 e. The molecule has 0 aromatic heterocycles. The van der Waals surface area contributed by atoms with E-state index in [0.717, 1.165) is 28.8 Å². The molecule has 0 radical (unpaired) electrons. The summed E-state index contributed by atoms with van der Waals surface area (Å²) in [5.41, 5.74) is 4.31. The van der Waals surface area contributed by atoms with Crippen molar-refractivity contribution in [3.8, 4) is 5.75 Å². The highest BCUT2D eigenvalue weighted by molar-refractivity contribution is 6.00. The van der Waals surface area contributed by atoms with Crippen molar-refractivity contribution >= 4 is 29.3 Å². The molecule has 0 saturated carbocycles. The quantitative estimate of drug-likeness (QED) is 0.320. The number of nitrogens with zero attached hydrogens (tertiary/aromatic N) is 1. The van der Waals surface area contributed by atoms with Gasteiger partial charge in [-0.25, -0.2) is 9.59 Å². The summed E-state index contributed by atoms with van der Waals surface area (Å²) in [7, 11) is 0. The Bertz CT molecular complexity index is 1240. The predicted octanol–water partition coefficient (Wildman–Crippen LogP) is 5.51. The van der Waals surface area contributed by atoms with Gasteiger partial charge in [-0.2, -0.15) is 0 Å². The number of benzene rings is 3. The van der Waals surface area contributed by atoms with E-state index in [4.69, 9.17) is 9.84 Å². The van der Waals surface area contributed by atoms with Gasteiger partial charge < -0.3 is 25.4 Å². The average molecular weight is 504 g/mol. The van der Waals surface area contributed by atoms with Crippen LogP contribution in [0.4, 0.5) is 16.2 Å². The summed E-state index contributed by atoms with van der Waals surface area (Å²) in [5, 5.41) is 14.7. The van der Waals surface area contributed by atoms with Crippen molar-refractivity contribution < 1.29 is 24.2 Å². The number of carbonyl (C=O) groups excluding carboxylic acids is 2. The van der Waals surface area contributed by atoms with Crippen LogP contribution in [-0.4, -0.2) is 47.6 Å². The second-order valence-electron chi connectivity index (χ2n) is 8.78. The standard InChI is InChI=1S/C29H33N3O5/c1-4-15-32(16-17-37-24-12-10-23(11-13-24)28(34)35)27(33)19-22-9-14-26(21(3)18-22)31-29(36)30-25-8-6-5-7-20(25)2/h5-14,18H,4,15-17,19H2,1-3H3,(H,34,35)(H2,30,31,36). The van der Waals surface area contributed by atoms with Crippen molar-refractivity contribution in [1.29, 1.82) is 0 Å². The van der Waals surface area contributed by atoms with E-state index in [1.54, 1.807) is 17.0 Å². The lowest BCUT2D eigenvalue weighted by Gasteiger charge is -2.22. The van der Waals surface area contributed by atoms with Crippen LogP contribution >= 0.6 is 0 Å². The zero-order valence-electron chi connectivity index (χ0n) is 21.4. The number of hydrogen-bond donors (Lipinski definition) is 3. The van der Waals surface area contributed by atoms with Crippen LogP contribution in [0, 0.1) is 13.8 Å². The molecular formula is C29H33N3O5. The van der Waals surface area contributed by atoms with Crippen molar-refractivity contribution in [2.45, 2.75) is 33.6 Å². The number of amides is 3. The molecule has 0 unspecified atom stereocenters. The Morgan fingerprint density at radius 3 is 2.16 bits per heavy atom. The molecule has 0 fully saturated rings. The normalized spacial score (nSPS) is 10.5. The van der Waals surface area contributed by atoms with Gasteiger partial charge in [0.2, 0.25) is 5.91 Å². The molecule has 3 aromatic rings. The minimum Gasteiger partial charge on any atom is -0.492 e. The van der Waals surface area contributed by atoms with Crippen LogP contribution in [0.2, 0.25) is 0 Å². The number of ether oxygens (including phenoxy) is 1. The molecule has 0 heterocycles. The van der Waals surface area contributed by atoms with E-state index in [-0.39, 0.29) is 23.9 Å². The van der Waals surface area contributed by atoms with Gasteiger partial charge in [0.1, 0.15) is 12.4 Å². The molecule has 194 valence electrons. The minimum atomic E-state index is -0.990. The molecule has 0 aliphatic heterocycles. The van der Waals surface area contributed by atoms with E-state index in [9.17, 15) is 14.4 Å². The third kappa shape index (κ3) is 8.10. The number of aryl methyl sites for hydroxylation is 2. The largest absolute Gasteiger partial charge is 0.492 e. The van der Waals surface area contributed by atoms with Crippen LogP contribution in [0.1, 0.15) is 40.4 Å². The number of nitrogens with one attached hydrogen (secondary N) is 2. The number of hydrogen-bond acceptors (Lipinski definition) is 4. The molecular weight excluding hydrogens is 470 g/mol. The van der Waals surface area contributed by atoms with Crippen molar-refractivity contribution in [3.05, 3.63) is 89.0 Å². The van der Waals surface area contributed by atoms with E-state index >= 15 is 0 Å². The van der Waals surface area contributed by atoms with Gasteiger partial charge in [0.05, 0.1) is 18.5 Å². The molecule has 0 aliphatic rings. The zero-order valence-corrected chi connectivity index (χ0v) is 21.4. The van der Waals surface area contributed by atoms with Crippen LogP contribution in [0.3, 0.4) is 0 Å². The van der Waals surface area contributed by atoms with Crippen LogP contribution in [0.15, 0.2) is 66.7 Å². The first-order valence-electron chi connectivity index (χ1n) is 12.2. The number of anilines is 2. The first-order valence-corrected chi connectivity index (χ1v) is 12.2. The summed E-state index contributed by atoms with van der Waals surface area (Å²) < 4.78 is 5.71. The number of para-hydroxylation sites is 1. The molecule has 0 aliphatic carbocycles. The van der Waals surface area contributed by atoms with Crippen LogP contribution in [-0.2, 0) is 11.2 Å². The van der Waals surface area contributed by atoms with Gasteiger partial charge in [-0.1, -0.05) is 37.3 Å². The summed E-state index contributed by atoms with van der Waals surface area (Å²) in [4.78, 5) is 38.2. The van der Waals surface area contributed by atoms with E-state index in [1.807, 2.05) is 63.2 Å². The first-order chi connectivity index (χ1) is 17.8. The summed E-state index contributed by atoms with van der Waals surface area (Å²) in [6, 6.07) is 19.0. The molecule has 3 aromatic carbocycles. The SMILES string of the molecule is CCCN(CCOc1ccc(C(=O)O)cc1)C(=O)Cc1ccc(NC(=O)Nc2ccccc2C)c(C)c1. The molecule has 0 saturated heterocycles. The second-order valence-corrected chi connectivity index (χ2v) is 8.78. The molecule has 0 spiro atoms. The summed E-state index contributed by atoms with van der Waals surface area (Å²) in [6.45, 7) is 7.17. The van der Waals surface area contributed by atoms with Crippen molar-refractivity contribution in [3.63, 3.8) is 0 Å². The van der Waals surface area contributed by atoms with Gasteiger partial charge in [-0.3, -0.25) is 4.79 Å². The second kappa shape index (κ2) is 13.1. The summed E-state index contributed by atoms with van der Waals surface area (Å²) in [5.74, 6) is -0.445. The van der Waals surface area contributed by atoms with Crippen LogP contribution in [0.5, 0.6) is 5.75 Å². The molecule has 0 atom stereocenters. The predicted molar refractivity (Wildman–Crippen MR) is 144 cm³/mol. The third-order valence-electron chi connectivity index (χ3n) is 5.87. The maximum Gasteiger partial charge on any atom is 0.335 e. The van der Waals surface area contributed by atoms with E-state index < -0.39 is 5.97 Å². The molecule has 37 heavy (non-hydrogen) atoms. The maximum atomic E-state index is 13.0. The number of carboxylic acids is 1. The third-order valence-corrected chi connectivity index (χ3v) is 5.87. The van der Waals surface area contributed by atoms with Crippen molar-refractivity contribution in [1.82, 2.24) is 4.90 Å². The first kappa shape index (κ1) is 27.3. The number of carbonyl (C=O) groups is 3. The highest BCUT2D eigenvalue weighted by atomic mass is 16.5. The van der Waals surface area contributed by atoms with Crippen LogP contribution in [0.25, 0.3) is 0 Å². The molecule has 3 amide bonds. The number of rotatable bonds is 11. The van der Waals surface area contributed by atoms with Crippen molar-refractivity contribution in [2.75, 3.05) is 30.3 Å². The zero-order chi connectivity index (χ0) is 26.8. The van der Waals surface area contributed by atoms with Gasteiger partial charge in [-0.15, -0.1) is 0 Å². The number of carboxylic acid groups (broad SMARTS) is 1. The van der Waals surface area contributed by atoms with Gasteiger partial charge in [0.25, 0.3) is 0 Å². The fourth-order valence-electron chi connectivity index (χ4n) is 3.85. The molecule has 8 nitrogen and oxygen atoms in total. The van der Waals surface area contributed by atoms with Gasteiger partial charge in [0, 0.05) is 17.9 Å². The average Bonchev–Trinajstić information content (AvgIpc) is 2.87. The van der Waals surface area contributed by atoms with Gasteiger partial charge >= 0.3 is 12.0 Å². The van der Waals surface area contributed by atoms with E-state index in [2.05, 4.69) is 10.6 Å². The lowest BCUT2D eigenvalue weighted by atomic mass is 10.1. The Kier molecular flexibility index (Phi) is 9.66. The fraction of sp³-hybridized carbons (Fsp3) is 0.276. The van der Waals surface area contributed by atoms with Crippen molar-refractivity contribution in [2.24, 2.45) is 0 Å². The topological polar surface area (TPSA) is 108 Å². The van der Waals surface area contributed by atoms with E-state index in [1.165, 1.54) is 12.1 Å². The van der Waals surface area contributed by atoms with Gasteiger partial charge in [0.15, 0.2) is 0 Å². The maximum absolute atomic E-state index is 13.0. The monoisotopic (exact) mass is 503 g/mol. The molecule has 3 N–H and O–H groups in total. The Labute approximate surface area is 217 Å².